The lowest BCUT2D eigenvalue weighted by atomic mass is 10.0. The normalized spacial score (nSPS) is 10.4. The topological polar surface area (TPSA) is 79.8 Å². The van der Waals surface area contributed by atoms with Crippen molar-refractivity contribution in [1.82, 2.24) is 20.1 Å². The molecule has 0 bridgehead atoms. The van der Waals surface area contributed by atoms with E-state index >= 15 is 0 Å². The van der Waals surface area contributed by atoms with E-state index in [-0.39, 0.29) is 11.5 Å². The van der Waals surface area contributed by atoms with Crippen molar-refractivity contribution in [2.24, 2.45) is 0 Å². The highest BCUT2D eigenvalue weighted by molar-refractivity contribution is 5.93. The molecule has 2 heterocycles. The van der Waals surface area contributed by atoms with Crippen molar-refractivity contribution in [1.29, 1.82) is 0 Å². The maximum Gasteiger partial charge on any atom is 0.280 e. The van der Waals surface area contributed by atoms with E-state index in [2.05, 4.69) is 21.3 Å². The minimum atomic E-state index is -0.220. The molecule has 0 aliphatic rings. The van der Waals surface area contributed by atoms with Crippen molar-refractivity contribution in [3.05, 3.63) is 69.8 Å². The number of aryl methyl sites for hydroxylation is 1. The lowest BCUT2D eigenvalue weighted by Crippen LogP contribution is -2.24. The van der Waals surface area contributed by atoms with Gasteiger partial charge >= 0.3 is 0 Å². The zero-order valence-electron chi connectivity index (χ0n) is 15.2. The summed E-state index contributed by atoms with van der Waals surface area (Å²) in [6.45, 7) is 4.51. The van der Waals surface area contributed by atoms with E-state index in [9.17, 15) is 9.59 Å². The van der Waals surface area contributed by atoms with E-state index in [1.54, 1.807) is 24.4 Å². The number of pyridine rings is 1. The molecule has 6 heteroatoms. The van der Waals surface area contributed by atoms with Crippen molar-refractivity contribution in [3.63, 3.8) is 0 Å². The molecular weight excluding hydrogens is 340 g/mol. The number of carbonyl (C=O) groups excluding carboxylic acids is 1. The van der Waals surface area contributed by atoms with Crippen LogP contribution in [-0.2, 0) is 0 Å². The zero-order valence-corrected chi connectivity index (χ0v) is 15.2. The van der Waals surface area contributed by atoms with Gasteiger partial charge in [-0.25, -0.2) is 9.67 Å². The van der Waals surface area contributed by atoms with Crippen LogP contribution < -0.4 is 10.9 Å². The predicted molar refractivity (Wildman–Crippen MR) is 105 cm³/mol. The van der Waals surface area contributed by atoms with E-state index in [0.29, 0.717) is 23.5 Å². The summed E-state index contributed by atoms with van der Waals surface area (Å²) in [4.78, 5) is 29.0. The van der Waals surface area contributed by atoms with Gasteiger partial charge in [0, 0.05) is 24.5 Å². The fraction of sp³-hybridized carbons (Fsp3) is 0.190. The van der Waals surface area contributed by atoms with Crippen LogP contribution in [0.25, 0.3) is 16.9 Å². The number of carbonyl (C=O) groups is 1. The maximum absolute atomic E-state index is 12.8. The molecular formula is C21H20N4O2. The van der Waals surface area contributed by atoms with E-state index in [0.717, 1.165) is 23.1 Å². The number of amides is 1. The molecule has 1 amide bonds. The van der Waals surface area contributed by atoms with E-state index in [4.69, 9.17) is 6.42 Å². The Labute approximate surface area is 157 Å². The van der Waals surface area contributed by atoms with Crippen LogP contribution in [0.5, 0.6) is 0 Å². The van der Waals surface area contributed by atoms with Crippen LogP contribution in [0.2, 0.25) is 0 Å². The highest BCUT2D eigenvalue weighted by Crippen LogP contribution is 2.21. The van der Waals surface area contributed by atoms with Gasteiger partial charge in [-0.15, -0.1) is 6.42 Å². The highest BCUT2D eigenvalue weighted by Gasteiger charge is 2.13. The number of hydrogen-bond donors (Lipinski definition) is 2. The van der Waals surface area contributed by atoms with Gasteiger partial charge in [0.05, 0.1) is 11.1 Å². The first-order chi connectivity index (χ1) is 13.0. The van der Waals surface area contributed by atoms with Gasteiger partial charge < -0.3 is 5.32 Å². The number of H-pyrrole nitrogens is 1. The summed E-state index contributed by atoms with van der Waals surface area (Å²) in [5.74, 6) is 2.82. The van der Waals surface area contributed by atoms with Crippen LogP contribution >= 0.6 is 0 Å². The lowest BCUT2D eigenvalue weighted by molar-refractivity contribution is 0.0953. The van der Waals surface area contributed by atoms with Crippen LogP contribution in [-0.4, -0.2) is 27.2 Å². The minimum Gasteiger partial charge on any atom is -0.352 e. The number of aromatic amines is 1. The number of benzene rings is 1. The van der Waals surface area contributed by atoms with Gasteiger partial charge in [0.2, 0.25) is 0 Å². The maximum atomic E-state index is 12.8. The molecule has 0 saturated carbocycles. The second-order valence-electron chi connectivity index (χ2n) is 6.16. The molecule has 0 atom stereocenters. The molecule has 2 aromatic heterocycles. The average molecular weight is 360 g/mol. The number of nitrogens with zero attached hydrogens (tertiary/aromatic N) is 2. The van der Waals surface area contributed by atoms with Crippen LogP contribution in [0.4, 0.5) is 0 Å². The second-order valence-corrected chi connectivity index (χ2v) is 6.16. The smallest absolute Gasteiger partial charge is 0.280 e. The Morgan fingerprint density at radius 3 is 2.74 bits per heavy atom. The van der Waals surface area contributed by atoms with E-state index in [1.165, 1.54) is 10.9 Å². The average Bonchev–Trinajstić information content (AvgIpc) is 3.07. The summed E-state index contributed by atoms with van der Waals surface area (Å²) < 4.78 is 1.34. The Hall–Kier alpha value is -3.59. The third kappa shape index (κ3) is 3.67. The minimum absolute atomic E-state index is 0.181. The van der Waals surface area contributed by atoms with E-state index < -0.39 is 0 Å². The first-order valence-electron chi connectivity index (χ1n) is 8.67. The molecule has 0 aliphatic heterocycles. The van der Waals surface area contributed by atoms with Gasteiger partial charge in [-0.05, 0) is 48.7 Å². The van der Waals surface area contributed by atoms with Crippen LogP contribution in [0.15, 0.2) is 47.5 Å². The summed E-state index contributed by atoms with van der Waals surface area (Å²) in [6.07, 6.45) is 9.38. The molecule has 0 fully saturated rings. The number of hydrogen-bond acceptors (Lipinski definition) is 3. The van der Waals surface area contributed by atoms with Crippen molar-refractivity contribution < 1.29 is 4.79 Å². The Morgan fingerprint density at radius 1 is 1.30 bits per heavy atom. The number of terminal acetylenes is 1. The first kappa shape index (κ1) is 18.2. The third-order valence-corrected chi connectivity index (χ3v) is 4.23. The third-order valence-electron chi connectivity index (χ3n) is 4.23. The van der Waals surface area contributed by atoms with Crippen molar-refractivity contribution in [2.45, 2.75) is 20.3 Å². The molecule has 2 N–H and O–H groups in total. The molecule has 0 spiro atoms. The van der Waals surface area contributed by atoms with Gasteiger partial charge in [-0.3, -0.25) is 14.7 Å². The van der Waals surface area contributed by atoms with Gasteiger partial charge in [0.1, 0.15) is 0 Å². The molecule has 0 saturated heterocycles. The molecule has 1 aromatic carbocycles. The van der Waals surface area contributed by atoms with Crippen molar-refractivity contribution >= 4 is 5.91 Å². The molecule has 6 nitrogen and oxygen atoms in total. The van der Waals surface area contributed by atoms with Crippen LogP contribution in [0.1, 0.15) is 34.8 Å². The Balaban J connectivity index is 1.91. The molecule has 0 unspecified atom stereocenters. The lowest BCUT2D eigenvalue weighted by Gasteiger charge is -2.05. The fourth-order valence-electron chi connectivity index (χ4n) is 2.78. The first-order valence-corrected chi connectivity index (χ1v) is 8.67. The summed E-state index contributed by atoms with van der Waals surface area (Å²) in [7, 11) is 0. The fourth-order valence-corrected chi connectivity index (χ4v) is 2.78. The largest absolute Gasteiger partial charge is 0.352 e. The van der Waals surface area contributed by atoms with Gasteiger partial charge in [0.25, 0.3) is 11.5 Å². The number of nitrogens with one attached hydrogen (secondary N) is 2. The van der Waals surface area contributed by atoms with Crippen LogP contribution in [0, 0.1) is 19.3 Å². The Morgan fingerprint density at radius 2 is 2.11 bits per heavy atom. The van der Waals surface area contributed by atoms with Gasteiger partial charge in [-0.2, -0.15) is 0 Å². The molecule has 3 rings (SSSR count). The molecule has 27 heavy (non-hydrogen) atoms. The molecule has 0 radical (unpaired) electrons. The number of rotatable bonds is 5. The summed E-state index contributed by atoms with van der Waals surface area (Å²) in [6, 6.07) is 8.80. The van der Waals surface area contributed by atoms with Crippen molar-refractivity contribution in [3.8, 4) is 29.3 Å². The summed E-state index contributed by atoms with van der Waals surface area (Å²) >= 11 is 0. The predicted octanol–water partition coefficient (Wildman–Crippen LogP) is 2.66. The van der Waals surface area contributed by atoms with E-state index in [1.807, 2.05) is 26.0 Å². The van der Waals surface area contributed by atoms with Gasteiger partial charge in [0.15, 0.2) is 5.82 Å². The Bertz CT molecular complexity index is 1070. The quantitative estimate of drug-likeness (QED) is 0.687. The summed E-state index contributed by atoms with van der Waals surface area (Å²) in [5, 5.41) is 5.72. The summed E-state index contributed by atoms with van der Waals surface area (Å²) in [5.41, 5.74) is 3.26. The monoisotopic (exact) mass is 360 g/mol. The standard InChI is InChI=1S/C21H20N4O2/c1-4-10-22-20(26)16-7-9-19(23-12-16)25-21(27)18(13-24-25)17-8-6-15(5-2)11-14(17)3/h2,6-9,11-13,24H,4,10H2,1,3H3,(H,22,26). The zero-order chi connectivity index (χ0) is 19.4. The highest BCUT2D eigenvalue weighted by atomic mass is 16.1. The SMILES string of the molecule is C#Cc1ccc(-c2c[nH]n(-c3ccc(C(=O)NCCC)cn3)c2=O)c(C)c1. The van der Waals surface area contributed by atoms with Gasteiger partial charge in [-0.1, -0.05) is 18.9 Å². The van der Waals surface area contributed by atoms with Crippen molar-refractivity contribution in [2.75, 3.05) is 6.54 Å². The number of aromatic nitrogens is 3. The molecule has 0 aliphatic carbocycles. The van der Waals surface area contributed by atoms with Crippen LogP contribution in [0.3, 0.4) is 0 Å². The molecule has 136 valence electrons. The second kappa shape index (κ2) is 7.75. The Kier molecular flexibility index (Phi) is 5.23. The molecule has 3 aromatic rings.